The first kappa shape index (κ1) is 14.2. The molecule has 0 aromatic heterocycles. The van der Waals surface area contributed by atoms with Crippen LogP contribution in [-0.4, -0.2) is 17.1 Å². The van der Waals surface area contributed by atoms with E-state index in [1.165, 1.54) is 18.2 Å². The Hall–Kier alpha value is -1.84. The number of nitrogens with two attached hydrogens (primary N) is 1. The Kier molecular flexibility index (Phi) is 4.48. The van der Waals surface area contributed by atoms with Gasteiger partial charge in [-0.05, 0) is 13.0 Å². The van der Waals surface area contributed by atoms with Crippen LogP contribution >= 0.6 is 11.6 Å². The van der Waals surface area contributed by atoms with Crippen molar-refractivity contribution in [1.29, 1.82) is 5.26 Å². The molecule has 0 aliphatic heterocycles. The number of benzene rings is 1. The van der Waals surface area contributed by atoms with E-state index in [4.69, 9.17) is 27.3 Å². The Morgan fingerprint density at radius 3 is 2.89 bits per heavy atom. The summed E-state index contributed by atoms with van der Waals surface area (Å²) in [6, 6.07) is 5.95. The van der Waals surface area contributed by atoms with Gasteiger partial charge >= 0.3 is 5.69 Å². The van der Waals surface area contributed by atoms with Gasteiger partial charge in [0.1, 0.15) is 5.54 Å². The molecule has 6 nitrogen and oxygen atoms in total. The maximum atomic E-state index is 10.8. The number of nitriles is 1. The van der Waals surface area contributed by atoms with E-state index in [1.54, 1.807) is 6.92 Å². The third kappa shape index (κ3) is 3.87. The molecule has 96 valence electrons. The fourth-order valence-corrected chi connectivity index (χ4v) is 1.35. The molecule has 0 saturated heterocycles. The van der Waals surface area contributed by atoms with Crippen LogP contribution in [0.25, 0.3) is 0 Å². The summed E-state index contributed by atoms with van der Waals surface area (Å²) in [4.78, 5) is 10.2. The van der Waals surface area contributed by atoms with Gasteiger partial charge in [0, 0.05) is 23.6 Å². The van der Waals surface area contributed by atoms with E-state index in [0.29, 0.717) is 5.02 Å². The molecule has 18 heavy (non-hydrogen) atoms. The van der Waals surface area contributed by atoms with Crippen LogP contribution in [-0.2, 0) is 0 Å². The molecular formula is C11H12ClN3O3. The Morgan fingerprint density at radius 2 is 2.33 bits per heavy atom. The number of rotatable bonds is 5. The number of hydrogen-bond donors (Lipinski definition) is 1. The van der Waals surface area contributed by atoms with Crippen molar-refractivity contribution in [2.24, 2.45) is 5.73 Å². The van der Waals surface area contributed by atoms with Gasteiger partial charge in [-0.3, -0.25) is 10.1 Å². The summed E-state index contributed by atoms with van der Waals surface area (Å²) in [5, 5.41) is 19.8. The van der Waals surface area contributed by atoms with Gasteiger partial charge in [0.05, 0.1) is 17.6 Å². The molecule has 1 aromatic rings. The van der Waals surface area contributed by atoms with Gasteiger partial charge in [-0.15, -0.1) is 0 Å². The van der Waals surface area contributed by atoms with Gasteiger partial charge in [-0.1, -0.05) is 11.6 Å². The maximum Gasteiger partial charge on any atom is 0.311 e. The minimum Gasteiger partial charge on any atom is -0.487 e. The fourth-order valence-electron chi connectivity index (χ4n) is 1.18. The van der Waals surface area contributed by atoms with Gasteiger partial charge in [-0.25, -0.2) is 0 Å². The molecule has 1 rings (SSSR count). The molecule has 1 unspecified atom stereocenters. The molecule has 0 aliphatic carbocycles. The minimum atomic E-state index is -1.02. The summed E-state index contributed by atoms with van der Waals surface area (Å²) in [6.45, 7) is 1.66. The SMILES string of the molecule is CC(N)(C#N)CCOc1cc(Cl)ccc1[N+](=O)[O-]. The zero-order chi connectivity index (χ0) is 13.8. The van der Waals surface area contributed by atoms with Gasteiger partial charge in [0.25, 0.3) is 0 Å². The quantitative estimate of drug-likeness (QED) is 0.652. The van der Waals surface area contributed by atoms with Crippen LogP contribution in [0.4, 0.5) is 5.69 Å². The molecule has 0 heterocycles. The van der Waals surface area contributed by atoms with Crippen LogP contribution in [0.2, 0.25) is 5.02 Å². The second kappa shape index (κ2) is 5.67. The second-order valence-corrected chi connectivity index (χ2v) is 4.43. The third-order valence-corrected chi connectivity index (χ3v) is 2.49. The lowest BCUT2D eigenvalue weighted by molar-refractivity contribution is -0.385. The fraction of sp³-hybridized carbons (Fsp3) is 0.364. The topological polar surface area (TPSA) is 102 Å². The van der Waals surface area contributed by atoms with E-state index >= 15 is 0 Å². The number of nitrogens with zero attached hydrogens (tertiary/aromatic N) is 2. The normalized spacial score (nSPS) is 13.4. The van der Waals surface area contributed by atoms with Gasteiger partial charge < -0.3 is 10.5 Å². The van der Waals surface area contributed by atoms with Crippen LogP contribution in [0.15, 0.2) is 18.2 Å². The molecule has 0 spiro atoms. The summed E-state index contributed by atoms with van der Waals surface area (Å²) in [5.41, 5.74) is 4.42. The highest BCUT2D eigenvalue weighted by Crippen LogP contribution is 2.30. The summed E-state index contributed by atoms with van der Waals surface area (Å²) in [5.74, 6) is 0.0706. The average molecular weight is 270 g/mol. The largest absolute Gasteiger partial charge is 0.487 e. The maximum absolute atomic E-state index is 10.8. The first-order chi connectivity index (χ1) is 8.35. The van der Waals surface area contributed by atoms with E-state index < -0.39 is 10.5 Å². The van der Waals surface area contributed by atoms with Crippen LogP contribution in [0.3, 0.4) is 0 Å². The molecule has 2 N–H and O–H groups in total. The molecule has 0 fully saturated rings. The van der Waals surface area contributed by atoms with Gasteiger partial charge in [0.2, 0.25) is 0 Å². The predicted octanol–water partition coefficient (Wildman–Crippen LogP) is 2.26. The minimum absolute atomic E-state index is 0.0706. The van der Waals surface area contributed by atoms with E-state index in [0.717, 1.165) is 0 Å². The number of nitro benzene ring substituents is 1. The number of hydrogen-bond acceptors (Lipinski definition) is 5. The molecule has 0 saturated carbocycles. The van der Waals surface area contributed by atoms with Crippen molar-refractivity contribution in [1.82, 2.24) is 0 Å². The lowest BCUT2D eigenvalue weighted by Crippen LogP contribution is -2.35. The second-order valence-electron chi connectivity index (χ2n) is 4.00. The molecule has 0 amide bonds. The summed E-state index contributed by atoms with van der Waals surface area (Å²) in [6.07, 6.45) is 0.257. The summed E-state index contributed by atoms with van der Waals surface area (Å²) < 4.78 is 5.26. The van der Waals surface area contributed by atoms with E-state index in [9.17, 15) is 10.1 Å². The first-order valence-corrected chi connectivity index (χ1v) is 5.50. The van der Waals surface area contributed by atoms with Gasteiger partial charge in [0.15, 0.2) is 5.75 Å². The number of halogens is 1. The Morgan fingerprint density at radius 1 is 1.67 bits per heavy atom. The van der Waals surface area contributed by atoms with E-state index in [2.05, 4.69) is 0 Å². The van der Waals surface area contributed by atoms with E-state index in [-0.39, 0.29) is 24.5 Å². The summed E-state index contributed by atoms with van der Waals surface area (Å²) >= 11 is 5.74. The van der Waals surface area contributed by atoms with Crippen LogP contribution in [0.5, 0.6) is 5.75 Å². The van der Waals surface area contributed by atoms with Crippen molar-refractivity contribution >= 4 is 17.3 Å². The van der Waals surface area contributed by atoms with E-state index in [1.807, 2.05) is 6.07 Å². The Bertz CT molecular complexity index is 497. The van der Waals surface area contributed by atoms with Crippen LogP contribution in [0.1, 0.15) is 13.3 Å². The highest BCUT2D eigenvalue weighted by molar-refractivity contribution is 6.30. The smallest absolute Gasteiger partial charge is 0.311 e. The zero-order valence-corrected chi connectivity index (χ0v) is 10.5. The average Bonchev–Trinajstić information content (AvgIpc) is 2.28. The van der Waals surface area contributed by atoms with Crippen molar-refractivity contribution in [3.8, 4) is 11.8 Å². The molecule has 0 aliphatic rings. The number of nitro groups is 1. The van der Waals surface area contributed by atoms with Crippen molar-refractivity contribution in [3.05, 3.63) is 33.3 Å². The standard InChI is InChI=1S/C11H12ClN3O3/c1-11(14,7-13)4-5-18-10-6-8(12)2-3-9(10)15(16)17/h2-3,6H,4-5,14H2,1H3. The van der Waals surface area contributed by atoms with Crippen molar-refractivity contribution in [3.63, 3.8) is 0 Å². The van der Waals surface area contributed by atoms with Crippen molar-refractivity contribution in [2.75, 3.05) is 6.61 Å². The number of ether oxygens (including phenoxy) is 1. The predicted molar refractivity (Wildman–Crippen MR) is 66.4 cm³/mol. The van der Waals surface area contributed by atoms with Crippen LogP contribution in [0, 0.1) is 21.4 Å². The molecule has 0 bridgehead atoms. The molecule has 1 aromatic carbocycles. The monoisotopic (exact) mass is 269 g/mol. The van der Waals surface area contributed by atoms with Gasteiger partial charge in [-0.2, -0.15) is 5.26 Å². The summed E-state index contributed by atoms with van der Waals surface area (Å²) in [7, 11) is 0. The molecule has 1 atom stereocenters. The molecular weight excluding hydrogens is 258 g/mol. The Balaban J connectivity index is 2.76. The highest BCUT2D eigenvalue weighted by Gasteiger charge is 2.19. The third-order valence-electron chi connectivity index (χ3n) is 2.25. The lowest BCUT2D eigenvalue weighted by Gasteiger charge is -2.15. The zero-order valence-electron chi connectivity index (χ0n) is 9.72. The van der Waals surface area contributed by atoms with Crippen LogP contribution < -0.4 is 10.5 Å². The Labute approximate surface area is 109 Å². The van der Waals surface area contributed by atoms with Crippen molar-refractivity contribution in [2.45, 2.75) is 18.9 Å². The molecule has 7 heteroatoms. The lowest BCUT2D eigenvalue weighted by atomic mass is 10.0. The molecule has 0 radical (unpaired) electrons. The highest BCUT2D eigenvalue weighted by atomic mass is 35.5. The first-order valence-electron chi connectivity index (χ1n) is 5.12. The van der Waals surface area contributed by atoms with Crippen molar-refractivity contribution < 1.29 is 9.66 Å².